The Balaban J connectivity index is 1.69. The van der Waals surface area contributed by atoms with E-state index >= 15 is 0 Å². The third-order valence-electron chi connectivity index (χ3n) is 14.6. The molecule has 6 rings (SSSR count). The fraction of sp³-hybridized carbons (Fsp3) is 0.947. The van der Waals surface area contributed by atoms with Crippen molar-refractivity contribution in [1.29, 1.82) is 0 Å². The van der Waals surface area contributed by atoms with E-state index in [4.69, 9.17) is 6.58 Å². The zero-order valence-corrected chi connectivity index (χ0v) is 33.2. The summed E-state index contributed by atoms with van der Waals surface area (Å²) in [6.45, 7) is 4.96. The van der Waals surface area contributed by atoms with Crippen molar-refractivity contribution in [2.45, 2.75) is 227 Å². The number of rotatable bonds is 8. The summed E-state index contributed by atoms with van der Waals surface area (Å²) in [5.74, 6) is 0. The summed E-state index contributed by atoms with van der Waals surface area (Å²) in [6, 6.07) is 0. The molecule has 0 aromatic heterocycles. The van der Waals surface area contributed by atoms with Gasteiger partial charge in [0.2, 0.25) is 0 Å². The molecular weight excluding hydrogens is 690 g/mol. The third kappa shape index (κ3) is 5.88. The average molecular weight is 761 g/mol. The molecule has 254 valence electrons. The molecule has 0 radical (unpaired) electrons. The van der Waals surface area contributed by atoms with E-state index in [0.29, 0.717) is 0 Å². The molecular formula is C38H70Cl2P2Ru. The van der Waals surface area contributed by atoms with Crippen molar-refractivity contribution in [3.63, 3.8) is 0 Å². The molecule has 6 aliphatic carbocycles. The Bertz CT molecular complexity index is 818. The van der Waals surface area contributed by atoms with Crippen LogP contribution in [0.5, 0.6) is 0 Å². The van der Waals surface area contributed by atoms with E-state index in [9.17, 15) is 19.4 Å². The van der Waals surface area contributed by atoms with E-state index in [0.717, 1.165) is 34.0 Å². The molecule has 0 unspecified atom stereocenters. The fourth-order valence-electron chi connectivity index (χ4n) is 13.2. The molecule has 0 heterocycles. The molecule has 6 aliphatic rings. The molecule has 0 bridgehead atoms. The second kappa shape index (κ2) is 15.1. The van der Waals surface area contributed by atoms with Crippen LogP contribution in [0.2, 0.25) is 0 Å². The topological polar surface area (TPSA) is 0 Å². The van der Waals surface area contributed by atoms with Gasteiger partial charge in [0.05, 0.1) is 0 Å². The van der Waals surface area contributed by atoms with Gasteiger partial charge in [0.25, 0.3) is 0 Å². The van der Waals surface area contributed by atoms with Gasteiger partial charge in [0, 0.05) is 0 Å². The van der Waals surface area contributed by atoms with Crippen LogP contribution in [0.3, 0.4) is 0 Å². The zero-order chi connectivity index (χ0) is 29.8. The number of hydrogen-bond donors (Lipinski definition) is 0. The third-order valence-corrected chi connectivity index (χ3v) is 87.2. The van der Waals surface area contributed by atoms with Crippen LogP contribution in [-0.2, 0) is 10.2 Å². The van der Waals surface area contributed by atoms with Gasteiger partial charge in [-0.2, -0.15) is 0 Å². The molecule has 0 aromatic rings. The zero-order valence-electron chi connectivity index (χ0n) is 28.0. The van der Waals surface area contributed by atoms with Crippen LogP contribution in [0.15, 0.2) is 6.58 Å². The van der Waals surface area contributed by atoms with Gasteiger partial charge >= 0.3 is 278 Å². The molecule has 6 saturated carbocycles. The Hall–Kier alpha value is 1.71. The minimum absolute atomic E-state index is 0.879. The van der Waals surface area contributed by atoms with Crippen molar-refractivity contribution in [3.05, 3.63) is 6.58 Å². The second-order valence-corrected chi connectivity index (χ2v) is 60.7. The van der Waals surface area contributed by atoms with Crippen LogP contribution in [0.1, 0.15) is 193 Å². The summed E-state index contributed by atoms with van der Waals surface area (Å²) in [6.07, 6.45) is 43.8. The summed E-state index contributed by atoms with van der Waals surface area (Å²) >= 11 is 0. The second-order valence-electron chi connectivity index (χ2n) is 16.5. The van der Waals surface area contributed by atoms with Gasteiger partial charge in [-0.1, -0.05) is 0 Å². The van der Waals surface area contributed by atoms with E-state index in [1.165, 1.54) is 193 Å². The molecule has 0 atom stereocenters. The summed E-state index contributed by atoms with van der Waals surface area (Å²) in [5.41, 5.74) is 0.753. The van der Waals surface area contributed by atoms with E-state index in [1.54, 1.807) is 0 Å². The number of hydrogen-bond acceptors (Lipinski definition) is 0. The summed E-state index contributed by atoms with van der Waals surface area (Å²) in [5, 5.41) is 0. The summed E-state index contributed by atoms with van der Waals surface area (Å²) in [7, 11) is 14.7. The minimum atomic E-state index is -4.33. The first-order chi connectivity index (χ1) is 21.0. The van der Waals surface area contributed by atoms with Crippen LogP contribution in [0, 0.1) is 0 Å². The number of halogens is 2. The van der Waals surface area contributed by atoms with Crippen molar-refractivity contribution in [2.24, 2.45) is 0 Å². The van der Waals surface area contributed by atoms with Crippen molar-refractivity contribution in [2.75, 3.05) is 0 Å². The quantitative estimate of drug-likeness (QED) is 0.171. The van der Waals surface area contributed by atoms with Crippen LogP contribution in [0.25, 0.3) is 0 Å². The Morgan fingerprint density at radius 3 is 0.651 bits per heavy atom. The first-order valence-electron chi connectivity index (χ1n) is 19.8. The predicted octanol–water partition coefficient (Wildman–Crippen LogP) is 13.9. The average Bonchev–Trinajstić information content (AvgIpc) is 3.08. The van der Waals surface area contributed by atoms with Crippen molar-refractivity contribution < 1.29 is 10.2 Å². The molecule has 43 heavy (non-hydrogen) atoms. The van der Waals surface area contributed by atoms with Gasteiger partial charge in [-0.3, -0.25) is 0 Å². The standard InChI is InChI=1S/2C18H33P.C2H2.2ClH.Ru/c2*1-4-10-16(11-5-1)19(17-12-6-2-7-13-17)18-14-8-3-9-15-18;1-2;;;/h2*16-18H,1-15H2;1H2;2*1H;. The SMILES string of the molecule is C=[C]=[Ru]([Cl])([Cl])([PH](C1CCCCC1)(C1CCCCC1)C1CCCCC1)[PH](C1CCCCC1)(C1CCCCC1)C1CCCCC1. The first-order valence-corrected chi connectivity index (χ1v) is 34.5. The van der Waals surface area contributed by atoms with Gasteiger partial charge < -0.3 is 0 Å². The van der Waals surface area contributed by atoms with Gasteiger partial charge in [0.15, 0.2) is 0 Å². The maximum absolute atomic E-state index is 9.52. The van der Waals surface area contributed by atoms with Gasteiger partial charge in [0.1, 0.15) is 0 Å². The fourth-order valence-corrected chi connectivity index (χ4v) is 115. The molecule has 0 saturated heterocycles. The van der Waals surface area contributed by atoms with E-state index in [2.05, 4.69) is 4.26 Å². The predicted molar refractivity (Wildman–Crippen MR) is 200 cm³/mol. The molecule has 0 amide bonds. The summed E-state index contributed by atoms with van der Waals surface area (Å²) in [4.78, 5) is 0. The summed E-state index contributed by atoms with van der Waals surface area (Å²) < 4.78 is 4.30. The Labute approximate surface area is 276 Å². The van der Waals surface area contributed by atoms with E-state index < -0.39 is 21.4 Å². The van der Waals surface area contributed by atoms with Crippen LogP contribution in [0.4, 0.5) is 0 Å². The van der Waals surface area contributed by atoms with Gasteiger partial charge in [-0.15, -0.1) is 0 Å². The van der Waals surface area contributed by atoms with Crippen LogP contribution in [-0.4, -0.2) is 38.2 Å². The monoisotopic (exact) mass is 760 g/mol. The van der Waals surface area contributed by atoms with Crippen molar-refractivity contribution in [3.8, 4) is 0 Å². The molecule has 0 aliphatic heterocycles. The van der Waals surface area contributed by atoms with Crippen LogP contribution < -0.4 is 0 Å². The molecule has 6 fully saturated rings. The molecule has 0 N–H and O–H groups in total. The first kappa shape index (κ1) is 34.6. The normalized spacial score (nSPS) is 29.9. The Morgan fingerprint density at radius 2 is 0.512 bits per heavy atom. The molecule has 0 spiro atoms. The van der Waals surface area contributed by atoms with E-state index in [1.807, 2.05) is 0 Å². The van der Waals surface area contributed by atoms with Crippen molar-refractivity contribution >= 4 is 34.8 Å². The molecule has 5 heteroatoms. The Kier molecular flexibility index (Phi) is 12.1. The molecule has 0 aromatic carbocycles. The van der Waals surface area contributed by atoms with Crippen LogP contribution >= 0.6 is 30.6 Å². The van der Waals surface area contributed by atoms with E-state index in [-0.39, 0.29) is 0 Å². The Morgan fingerprint density at radius 1 is 0.349 bits per heavy atom. The van der Waals surface area contributed by atoms with Gasteiger partial charge in [-0.25, -0.2) is 0 Å². The van der Waals surface area contributed by atoms with Gasteiger partial charge in [-0.05, 0) is 0 Å². The molecule has 0 nitrogen and oxygen atoms in total. The maximum atomic E-state index is 9.52. The van der Waals surface area contributed by atoms with Crippen molar-refractivity contribution in [1.82, 2.24) is 0 Å².